The number of amides is 1. The number of carbonyl (C=O) groups excluding carboxylic acids is 1. The van der Waals surface area contributed by atoms with Crippen LogP contribution in [-0.2, 0) is 11.3 Å². The summed E-state index contributed by atoms with van der Waals surface area (Å²) in [6.07, 6.45) is 0.351. The van der Waals surface area contributed by atoms with Crippen molar-refractivity contribution >= 4 is 5.91 Å². The second-order valence-electron chi connectivity index (χ2n) is 4.62. The Morgan fingerprint density at radius 3 is 2.47 bits per heavy atom. The van der Waals surface area contributed by atoms with Gasteiger partial charge in [0.25, 0.3) is 0 Å². The molecule has 0 aliphatic rings. The van der Waals surface area contributed by atoms with E-state index in [9.17, 15) is 4.79 Å². The highest BCUT2D eigenvalue weighted by molar-refractivity contribution is 5.76. The third-order valence-corrected chi connectivity index (χ3v) is 2.79. The van der Waals surface area contributed by atoms with E-state index in [4.69, 9.17) is 15.2 Å². The normalized spacial score (nSPS) is 11.8. The number of nitrogens with two attached hydrogens (primary N) is 1. The van der Waals surface area contributed by atoms with E-state index in [1.165, 1.54) is 0 Å². The maximum atomic E-state index is 11.8. The quantitative estimate of drug-likeness (QED) is 0.845. The van der Waals surface area contributed by atoms with E-state index < -0.39 is 0 Å². The lowest BCUT2D eigenvalue weighted by Crippen LogP contribution is -2.31. The van der Waals surface area contributed by atoms with Gasteiger partial charge in [-0.25, -0.2) is 0 Å². The second kappa shape index (κ2) is 6.99. The van der Waals surface area contributed by atoms with Crippen LogP contribution in [0.5, 0.6) is 11.5 Å². The number of nitrogens with zero attached hydrogens (tertiary/aromatic N) is 1. The number of carbonyl (C=O) groups is 1. The topological polar surface area (TPSA) is 64.8 Å². The number of rotatable bonds is 6. The van der Waals surface area contributed by atoms with E-state index in [2.05, 4.69) is 0 Å². The predicted octanol–water partition coefficient (Wildman–Crippen LogP) is 1.40. The van der Waals surface area contributed by atoms with Crippen molar-refractivity contribution in [1.29, 1.82) is 0 Å². The highest BCUT2D eigenvalue weighted by Gasteiger charge is 2.12. The van der Waals surface area contributed by atoms with Crippen LogP contribution in [0.3, 0.4) is 0 Å². The van der Waals surface area contributed by atoms with Crippen LogP contribution in [0.1, 0.15) is 18.9 Å². The largest absolute Gasteiger partial charge is 0.493 e. The van der Waals surface area contributed by atoms with Crippen LogP contribution in [0.25, 0.3) is 0 Å². The van der Waals surface area contributed by atoms with Gasteiger partial charge in [0, 0.05) is 26.1 Å². The summed E-state index contributed by atoms with van der Waals surface area (Å²) in [6.45, 7) is 2.34. The first-order chi connectivity index (χ1) is 8.97. The fourth-order valence-electron chi connectivity index (χ4n) is 1.77. The molecule has 1 unspecified atom stereocenters. The van der Waals surface area contributed by atoms with Crippen molar-refractivity contribution in [3.05, 3.63) is 23.8 Å². The Morgan fingerprint density at radius 2 is 1.95 bits per heavy atom. The van der Waals surface area contributed by atoms with Crippen molar-refractivity contribution in [3.8, 4) is 11.5 Å². The summed E-state index contributed by atoms with van der Waals surface area (Å²) in [5, 5.41) is 0. The number of ether oxygens (including phenoxy) is 2. The van der Waals surface area contributed by atoms with Gasteiger partial charge in [-0.1, -0.05) is 6.07 Å². The van der Waals surface area contributed by atoms with Gasteiger partial charge in [0.05, 0.1) is 14.2 Å². The Hall–Kier alpha value is -1.75. The summed E-state index contributed by atoms with van der Waals surface area (Å²) in [7, 11) is 4.95. The summed E-state index contributed by atoms with van der Waals surface area (Å²) in [4.78, 5) is 13.5. The Bertz CT molecular complexity index is 433. The fraction of sp³-hybridized carbons (Fsp3) is 0.500. The Labute approximate surface area is 114 Å². The van der Waals surface area contributed by atoms with E-state index in [1.54, 1.807) is 26.2 Å². The zero-order chi connectivity index (χ0) is 14.4. The van der Waals surface area contributed by atoms with Crippen molar-refractivity contribution in [2.45, 2.75) is 25.9 Å². The molecule has 2 N–H and O–H groups in total. The van der Waals surface area contributed by atoms with Crippen molar-refractivity contribution in [2.75, 3.05) is 21.3 Å². The van der Waals surface area contributed by atoms with Crippen LogP contribution < -0.4 is 15.2 Å². The van der Waals surface area contributed by atoms with E-state index in [-0.39, 0.29) is 11.9 Å². The minimum atomic E-state index is -0.125. The lowest BCUT2D eigenvalue weighted by molar-refractivity contribution is -0.130. The maximum absolute atomic E-state index is 11.8. The van der Waals surface area contributed by atoms with Gasteiger partial charge >= 0.3 is 0 Å². The van der Waals surface area contributed by atoms with Crippen LogP contribution >= 0.6 is 0 Å². The van der Waals surface area contributed by atoms with Crippen LogP contribution in [-0.4, -0.2) is 38.1 Å². The van der Waals surface area contributed by atoms with Gasteiger partial charge in [-0.3, -0.25) is 4.79 Å². The lowest BCUT2D eigenvalue weighted by Gasteiger charge is -2.19. The summed E-state index contributed by atoms with van der Waals surface area (Å²) in [5.41, 5.74) is 6.61. The smallest absolute Gasteiger partial charge is 0.224 e. The molecule has 5 heteroatoms. The summed E-state index contributed by atoms with van der Waals surface area (Å²) >= 11 is 0. The molecule has 0 saturated heterocycles. The third-order valence-electron chi connectivity index (χ3n) is 2.79. The van der Waals surface area contributed by atoms with Crippen molar-refractivity contribution < 1.29 is 14.3 Å². The van der Waals surface area contributed by atoms with Crippen molar-refractivity contribution in [3.63, 3.8) is 0 Å². The molecule has 0 radical (unpaired) electrons. The zero-order valence-corrected chi connectivity index (χ0v) is 12.0. The highest BCUT2D eigenvalue weighted by Crippen LogP contribution is 2.27. The molecule has 0 aromatic heterocycles. The van der Waals surface area contributed by atoms with Crippen LogP contribution in [0.2, 0.25) is 0 Å². The standard InChI is InChI=1S/C14H22N2O3/c1-10(15)7-14(17)16(2)9-11-5-6-12(18-3)13(8-11)19-4/h5-6,8,10H,7,9,15H2,1-4H3. The molecule has 1 aromatic rings. The molecule has 1 aromatic carbocycles. The number of benzene rings is 1. The monoisotopic (exact) mass is 266 g/mol. The van der Waals surface area contributed by atoms with Gasteiger partial charge in [-0.05, 0) is 24.6 Å². The van der Waals surface area contributed by atoms with Crippen molar-refractivity contribution in [1.82, 2.24) is 4.90 Å². The molecule has 1 atom stereocenters. The Morgan fingerprint density at radius 1 is 1.32 bits per heavy atom. The first-order valence-electron chi connectivity index (χ1n) is 6.18. The molecule has 0 aliphatic carbocycles. The molecule has 0 heterocycles. The zero-order valence-electron chi connectivity index (χ0n) is 12.0. The minimum Gasteiger partial charge on any atom is -0.493 e. The van der Waals surface area contributed by atoms with E-state index in [0.717, 1.165) is 5.56 Å². The number of hydrogen-bond acceptors (Lipinski definition) is 4. The van der Waals surface area contributed by atoms with Crippen LogP contribution in [0, 0.1) is 0 Å². The van der Waals surface area contributed by atoms with Gasteiger partial charge < -0.3 is 20.1 Å². The van der Waals surface area contributed by atoms with E-state index >= 15 is 0 Å². The summed E-state index contributed by atoms with van der Waals surface area (Å²) in [6, 6.07) is 5.49. The predicted molar refractivity (Wildman–Crippen MR) is 74.3 cm³/mol. The van der Waals surface area contributed by atoms with Gasteiger partial charge in [0.2, 0.25) is 5.91 Å². The van der Waals surface area contributed by atoms with E-state index in [0.29, 0.717) is 24.5 Å². The molecule has 1 rings (SSSR count). The average molecular weight is 266 g/mol. The summed E-state index contributed by atoms with van der Waals surface area (Å²) in [5.74, 6) is 1.37. The molecule has 1 amide bonds. The average Bonchev–Trinajstić information content (AvgIpc) is 2.37. The van der Waals surface area contributed by atoms with Crippen LogP contribution in [0.15, 0.2) is 18.2 Å². The fourth-order valence-corrected chi connectivity index (χ4v) is 1.77. The molecule has 0 aliphatic heterocycles. The first kappa shape index (κ1) is 15.3. The van der Waals surface area contributed by atoms with Gasteiger partial charge in [-0.2, -0.15) is 0 Å². The third kappa shape index (κ3) is 4.44. The maximum Gasteiger partial charge on any atom is 0.224 e. The molecular formula is C14H22N2O3. The number of methoxy groups -OCH3 is 2. The van der Waals surface area contributed by atoms with Gasteiger partial charge in [0.15, 0.2) is 11.5 Å². The molecule has 0 bridgehead atoms. The molecular weight excluding hydrogens is 244 g/mol. The Balaban J connectivity index is 2.74. The molecule has 5 nitrogen and oxygen atoms in total. The molecule has 0 fully saturated rings. The number of hydrogen-bond donors (Lipinski definition) is 1. The molecule has 19 heavy (non-hydrogen) atoms. The second-order valence-corrected chi connectivity index (χ2v) is 4.62. The first-order valence-corrected chi connectivity index (χ1v) is 6.18. The van der Waals surface area contributed by atoms with Gasteiger partial charge in [0.1, 0.15) is 0 Å². The minimum absolute atomic E-state index is 0.0322. The van der Waals surface area contributed by atoms with E-state index in [1.807, 2.05) is 25.1 Å². The van der Waals surface area contributed by atoms with Crippen LogP contribution in [0.4, 0.5) is 0 Å². The lowest BCUT2D eigenvalue weighted by atomic mass is 10.1. The molecule has 0 saturated carbocycles. The molecule has 106 valence electrons. The van der Waals surface area contributed by atoms with Crippen molar-refractivity contribution in [2.24, 2.45) is 5.73 Å². The molecule has 0 spiro atoms. The van der Waals surface area contributed by atoms with Gasteiger partial charge in [-0.15, -0.1) is 0 Å². The Kier molecular flexibility index (Phi) is 5.63. The highest BCUT2D eigenvalue weighted by atomic mass is 16.5. The summed E-state index contributed by atoms with van der Waals surface area (Å²) < 4.78 is 10.4. The SMILES string of the molecule is COc1ccc(CN(C)C(=O)CC(C)N)cc1OC.